The molecule has 1 aliphatic rings. The molecule has 1 aromatic rings. The fraction of sp³-hybridized carbons (Fsp3) is 0.545. The van der Waals surface area contributed by atoms with Crippen LogP contribution >= 0.6 is 0 Å². The zero-order chi connectivity index (χ0) is 12.4. The van der Waals surface area contributed by atoms with Crippen LogP contribution in [0.3, 0.4) is 0 Å². The van der Waals surface area contributed by atoms with Gasteiger partial charge >= 0.3 is 11.7 Å². The quantitative estimate of drug-likeness (QED) is 0.774. The first-order chi connectivity index (χ1) is 8.15. The lowest BCUT2D eigenvalue weighted by Gasteiger charge is -2.26. The van der Waals surface area contributed by atoms with Crippen molar-refractivity contribution >= 4 is 5.97 Å². The highest BCUT2D eigenvalue weighted by atomic mass is 16.5. The van der Waals surface area contributed by atoms with Crippen LogP contribution in [0.5, 0.6) is 0 Å². The molecule has 6 heteroatoms. The molecule has 0 spiro atoms. The number of aromatic nitrogens is 2. The molecule has 0 aromatic carbocycles. The van der Waals surface area contributed by atoms with E-state index in [9.17, 15) is 14.4 Å². The summed E-state index contributed by atoms with van der Waals surface area (Å²) in [7, 11) is 0. The third-order valence-electron chi connectivity index (χ3n) is 2.94. The Morgan fingerprint density at radius 3 is 2.76 bits per heavy atom. The average molecular weight is 238 g/mol. The first kappa shape index (κ1) is 11.6. The summed E-state index contributed by atoms with van der Waals surface area (Å²) in [5.41, 5.74) is -1.14. The Labute approximate surface area is 97.2 Å². The molecule has 0 radical (unpaired) electrons. The highest BCUT2D eigenvalue weighted by Gasteiger charge is 2.25. The number of aromatic amines is 1. The Morgan fingerprint density at radius 2 is 2.24 bits per heavy atom. The van der Waals surface area contributed by atoms with Gasteiger partial charge in [-0.15, -0.1) is 0 Å². The number of H-pyrrole nitrogens is 1. The summed E-state index contributed by atoms with van der Waals surface area (Å²) in [6.07, 6.45) is 3.72. The Bertz CT molecular complexity index is 539. The molecule has 0 amide bonds. The van der Waals surface area contributed by atoms with E-state index in [1.807, 2.05) is 0 Å². The zero-order valence-electron chi connectivity index (χ0n) is 9.56. The zero-order valence-corrected chi connectivity index (χ0v) is 9.56. The van der Waals surface area contributed by atoms with Crippen molar-refractivity contribution in [1.29, 1.82) is 0 Å². The Balaban J connectivity index is 2.46. The summed E-state index contributed by atoms with van der Waals surface area (Å²) in [6.45, 7) is 1.86. The van der Waals surface area contributed by atoms with Crippen LogP contribution in [0.15, 0.2) is 15.8 Å². The number of nitrogens with zero attached hydrogens (tertiary/aromatic N) is 1. The van der Waals surface area contributed by atoms with Gasteiger partial charge in [0.15, 0.2) is 0 Å². The predicted molar refractivity (Wildman–Crippen MR) is 60.2 cm³/mol. The standard InChI is InChI=1S/C11H14N2O4/c1-2-17-10(15)8-6-12-11(16)13(9(8)14)7-4-3-5-7/h6-7H,2-5H2,1H3,(H,12,16). The number of carbonyl (C=O) groups is 1. The van der Waals surface area contributed by atoms with Gasteiger partial charge in [0.2, 0.25) is 0 Å². The highest BCUT2D eigenvalue weighted by molar-refractivity contribution is 5.88. The monoisotopic (exact) mass is 238 g/mol. The van der Waals surface area contributed by atoms with E-state index in [-0.39, 0.29) is 18.2 Å². The number of nitrogens with one attached hydrogen (secondary N) is 1. The summed E-state index contributed by atoms with van der Waals surface area (Å²) in [5, 5.41) is 0. The minimum absolute atomic E-state index is 0.0828. The van der Waals surface area contributed by atoms with Gasteiger partial charge < -0.3 is 9.72 Å². The molecular weight excluding hydrogens is 224 g/mol. The Morgan fingerprint density at radius 1 is 1.53 bits per heavy atom. The lowest BCUT2D eigenvalue weighted by molar-refractivity contribution is 0.0522. The van der Waals surface area contributed by atoms with Gasteiger partial charge in [0.25, 0.3) is 5.56 Å². The van der Waals surface area contributed by atoms with Crippen molar-refractivity contribution in [2.24, 2.45) is 0 Å². The summed E-state index contributed by atoms with van der Waals surface area (Å²) in [6, 6.07) is -0.0828. The third-order valence-corrected chi connectivity index (χ3v) is 2.94. The molecule has 17 heavy (non-hydrogen) atoms. The van der Waals surface area contributed by atoms with E-state index < -0.39 is 17.2 Å². The second kappa shape index (κ2) is 4.57. The van der Waals surface area contributed by atoms with Crippen molar-refractivity contribution in [3.8, 4) is 0 Å². The van der Waals surface area contributed by atoms with Crippen molar-refractivity contribution in [3.63, 3.8) is 0 Å². The van der Waals surface area contributed by atoms with Gasteiger partial charge in [-0.05, 0) is 26.2 Å². The van der Waals surface area contributed by atoms with Crippen molar-refractivity contribution in [2.45, 2.75) is 32.2 Å². The first-order valence-electron chi connectivity index (χ1n) is 5.66. The van der Waals surface area contributed by atoms with E-state index in [2.05, 4.69) is 4.98 Å². The number of carbonyl (C=O) groups excluding carboxylic acids is 1. The maximum absolute atomic E-state index is 12.0. The maximum Gasteiger partial charge on any atom is 0.345 e. The minimum Gasteiger partial charge on any atom is -0.462 e. The van der Waals surface area contributed by atoms with Crippen LogP contribution in [0.25, 0.3) is 0 Å². The number of rotatable bonds is 3. The normalized spacial score (nSPS) is 15.4. The Hall–Kier alpha value is -1.85. The number of esters is 1. The van der Waals surface area contributed by atoms with Gasteiger partial charge in [0.1, 0.15) is 5.56 Å². The minimum atomic E-state index is -0.693. The van der Waals surface area contributed by atoms with Crippen molar-refractivity contribution in [1.82, 2.24) is 9.55 Å². The molecule has 1 aromatic heterocycles. The Kier molecular flexibility index (Phi) is 3.12. The second-order valence-corrected chi connectivity index (χ2v) is 3.99. The van der Waals surface area contributed by atoms with Gasteiger partial charge in [0, 0.05) is 12.2 Å². The van der Waals surface area contributed by atoms with Crippen molar-refractivity contribution in [2.75, 3.05) is 6.61 Å². The third kappa shape index (κ3) is 2.02. The fourth-order valence-corrected chi connectivity index (χ4v) is 1.82. The fourth-order valence-electron chi connectivity index (χ4n) is 1.82. The lowest BCUT2D eigenvalue weighted by Crippen LogP contribution is -2.42. The number of ether oxygens (including phenoxy) is 1. The van der Waals surface area contributed by atoms with Gasteiger partial charge in [-0.25, -0.2) is 9.59 Å². The van der Waals surface area contributed by atoms with E-state index >= 15 is 0 Å². The van der Waals surface area contributed by atoms with Crippen molar-refractivity contribution < 1.29 is 9.53 Å². The van der Waals surface area contributed by atoms with Crippen LogP contribution in [0.1, 0.15) is 42.6 Å². The smallest absolute Gasteiger partial charge is 0.345 e. The summed E-state index contributed by atoms with van der Waals surface area (Å²) in [5.74, 6) is -0.693. The molecule has 2 rings (SSSR count). The predicted octanol–water partition coefficient (Wildman–Crippen LogP) is 0.438. The first-order valence-corrected chi connectivity index (χ1v) is 5.66. The van der Waals surface area contributed by atoms with Crippen molar-refractivity contribution in [3.05, 3.63) is 32.6 Å². The van der Waals surface area contributed by atoms with E-state index in [1.165, 1.54) is 0 Å². The van der Waals surface area contributed by atoms with Gasteiger partial charge in [-0.1, -0.05) is 0 Å². The summed E-state index contributed by atoms with van der Waals surface area (Å²) >= 11 is 0. The number of hydrogen-bond acceptors (Lipinski definition) is 4. The SMILES string of the molecule is CCOC(=O)c1c[nH]c(=O)n(C2CCC2)c1=O. The second-order valence-electron chi connectivity index (χ2n) is 3.99. The van der Waals surface area contributed by atoms with E-state index in [1.54, 1.807) is 6.92 Å². The van der Waals surface area contributed by atoms with Gasteiger partial charge in [-0.3, -0.25) is 9.36 Å². The molecule has 1 aliphatic carbocycles. The molecule has 92 valence electrons. The van der Waals surface area contributed by atoms with E-state index in [0.29, 0.717) is 0 Å². The molecule has 0 bridgehead atoms. The van der Waals surface area contributed by atoms with Gasteiger partial charge in [-0.2, -0.15) is 0 Å². The molecule has 0 atom stereocenters. The van der Waals surface area contributed by atoms with Crippen LogP contribution in [0.4, 0.5) is 0 Å². The van der Waals surface area contributed by atoms with Crippen LogP contribution in [0, 0.1) is 0 Å². The summed E-state index contributed by atoms with van der Waals surface area (Å²) in [4.78, 5) is 37.4. The average Bonchev–Trinajstić information content (AvgIpc) is 2.21. The van der Waals surface area contributed by atoms with Gasteiger partial charge in [0.05, 0.1) is 6.61 Å². The molecule has 0 saturated heterocycles. The summed E-state index contributed by atoms with van der Waals surface area (Å²) < 4.78 is 5.88. The van der Waals surface area contributed by atoms with Crippen LogP contribution in [0.2, 0.25) is 0 Å². The molecule has 1 saturated carbocycles. The topological polar surface area (TPSA) is 81.2 Å². The largest absolute Gasteiger partial charge is 0.462 e. The van der Waals surface area contributed by atoms with E-state index in [0.717, 1.165) is 30.0 Å². The molecule has 0 unspecified atom stereocenters. The maximum atomic E-state index is 12.0. The molecular formula is C11H14N2O4. The van der Waals surface area contributed by atoms with Crippen LogP contribution in [-0.4, -0.2) is 22.1 Å². The molecule has 1 heterocycles. The van der Waals surface area contributed by atoms with Crippen LogP contribution in [-0.2, 0) is 4.74 Å². The molecule has 1 fully saturated rings. The molecule has 6 nitrogen and oxygen atoms in total. The highest BCUT2D eigenvalue weighted by Crippen LogP contribution is 2.28. The lowest BCUT2D eigenvalue weighted by atomic mass is 9.93. The van der Waals surface area contributed by atoms with E-state index in [4.69, 9.17) is 4.74 Å². The van der Waals surface area contributed by atoms with Crippen LogP contribution < -0.4 is 11.2 Å². The number of hydrogen-bond donors (Lipinski definition) is 1. The molecule has 0 aliphatic heterocycles. The molecule has 1 N–H and O–H groups in total.